The molecule has 0 spiro atoms. The Kier molecular flexibility index (Phi) is 3.50. The van der Waals surface area contributed by atoms with Gasteiger partial charge in [0, 0.05) is 19.5 Å². The van der Waals surface area contributed by atoms with Crippen molar-refractivity contribution in [3.63, 3.8) is 0 Å². The molecule has 0 aromatic heterocycles. The molecule has 1 heterocycles. The second-order valence-corrected chi connectivity index (χ2v) is 4.47. The number of amides is 2. The number of carbonyl (C=O) groups excluding carboxylic acids is 2. The summed E-state index contributed by atoms with van der Waals surface area (Å²) in [6, 6.07) is 6.24. The van der Waals surface area contributed by atoms with Gasteiger partial charge in [0.25, 0.3) is 0 Å². The molecule has 5 nitrogen and oxygen atoms in total. The number of phenols is 1. The summed E-state index contributed by atoms with van der Waals surface area (Å²) >= 11 is 0. The predicted molar refractivity (Wildman–Crippen MR) is 65.7 cm³/mol. The largest absolute Gasteiger partial charge is 0.508 e. The van der Waals surface area contributed by atoms with Gasteiger partial charge in [-0.15, -0.1) is 0 Å². The third-order valence-electron chi connectivity index (χ3n) is 2.98. The normalized spacial score (nSPS) is 20.5. The van der Waals surface area contributed by atoms with Crippen molar-refractivity contribution in [1.82, 2.24) is 10.2 Å². The Morgan fingerprint density at radius 1 is 1.33 bits per heavy atom. The van der Waals surface area contributed by atoms with E-state index in [2.05, 4.69) is 5.32 Å². The highest BCUT2D eigenvalue weighted by Crippen LogP contribution is 2.13. The predicted octanol–water partition coefficient (Wildman–Crippen LogP) is 0.629. The number of benzene rings is 1. The molecule has 1 fully saturated rings. The molecule has 1 aromatic rings. The maximum absolute atomic E-state index is 12.0. The minimum Gasteiger partial charge on any atom is -0.508 e. The fraction of sp³-hybridized carbons (Fsp3) is 0.385. The average molecular weight is 248 g/mol. The summed E-state index contributed by atoms with van der Waals surface area (Å²) in [4.78, 5) is 25.0. The monoisotopic (exact) mass is 248 g/mol. The molecule has 18 heavy (non-hydrogen) atoms. The summed E-state index contributed by atoms with van der Waals surface area (Å²) in [5.41, 5.74) is 0.933. The molecule has 0 saturated carbocycles. The Hall–Kier alpha value is -2.04. The lowest BCUT2D eigenvalue weighted by Crippen LogP contribution is -2.42. The third-order valence-corrected chi connectivity index (χ3v) is 2.98. The highest BCUT2D eigenvalue weighted by molar-refractivity contribution is 5.89. The standard InChI is InChI=1S/C13H16N2O3/c1-9-13(18)15(7-6-12(17)14-9)8-10-2-4-11(16)5-3-10/h2-5,9,16H,6-8H2,1H3,(H,14,17). The van der Waals surface area contributed by atoms with Crippen LogP contribution in [0.1, 0.15) is 18.9 Å². The minimum atomic E-state index is -0.475. The lowest BCUT2D eigenvalue weighted by Gasteiger charge is -2.22. The Bertz CT molecular complexity index is 456. The molecule has 1 aliphatic rings. The van der Waals surface area contributed by atoms with E-state index >= 15 is 0 Å². The number of phenolic OH excluding ortho intramolecular Hbond substituents is 1. The Morgan fingerprint density at radius 3 is 2.67 bits per heavy atom. The topological polar surface area (TPSA) is 69.6 Å². The van der Waals surface area contributed by atoms with Gasteiger partial charge in [-0.3, -0.25) is 9.59 Å². The van der Waals surface area contributed by atoms with E-state index in [9.17, 15) is 14.7 Å². The highest BCUT2D eigenvalue weighted by atomic mass is 16.3. The second kappa shape index (κ2) is 5.08. The Balaban J connectivity index is 2.09. The number of aromatic hydroxyl groups is 1. The van der Waals surface area contributed by atoms with Crippen molar-refractivity contribution < 1.29 is 14.7 Å². The molecule has 2 rings (SSSR count). The molecule has 0 aliphatic carbocycles. The number of hydrogen-bond donors (Lipinski definition) is 2. The van der Waals surface area contributed by atoms with Gasteiger partial charge in [-0.1, -0.05) is 12.1 Å². The minimum absolute atomic E-state index is 0.0751. The molecule has 2 amide bonds. The van der Waals surface area contributed by atoms with Crippen LogP contribution in [0.25, 0.3) is 0 Å². The van der Waals surface area contributed by atoms with Crippen LogP contribution in [0.4, 0.5) is 0 Å². The zero-order chi connectivity index (χ0) is 13.1. The molecule has 1 aromatic carbocycles. The molecule has 0 radical (unpaired) electrons. The molecule has 1 atom stereocenters. The van der Waals surface area contributed by atoms with Crippen LogP contribution in [0.5, 0.6) is 5.75 Å². The van der Waals surface area contributed by atoms with Crippen LogP contribution < -0.4 is 5.32 Å². The summed E-state index contributed by atoms with van der Waals surface area (Å²) in [5.74, 6) is 0.0316. The maximum Gasteiger partial charge on any atom is 0.245 e. The lowest BCUT2D eigenvalue weighted by molar-refractivity contribution is -0.133. The summed E-state index contributed by atoms with van der Waals surface area (Å²) < 4.78 is 0. The van der Waals surface area contributed by atoms with Crippen molar-refractivity contribution in [1.29, 1.82) is 0 Å². The molecule has 0 bridgehead atoms. The molecule has 5 heteroatoms. The number of carbonyl (C=O) groups is 2. The van der Waals surface area contributed by atoms with Gasteiger partial charge in [0.05, 0.1) is 0 Å². The van der Waals surface area contributed by atoms with E-state index in [4.69, 9.17) is 0 Å². The van der Waals surface area contributed by atoms with Crippen molar-refractivity contribution in [2.75, 3.05) is 6.54 Å². The summed E-state index contributed by atoms with van der Waals surface area (Å²) in [6.07, 6.45) is 0.328. The zero-order valence-electron chi connectivity index (χ0n) is 10.2. The second-order valence-electron chi connectivity index (χ2n) is 4.47. The Morgan fingerprint density at radius 2 is 2.00 bits per heavy atom. The highest BCUT2D eigenvalue weighted by Gasteiger charge is 2.26. The van der Waals surface area contributed by atoms with Crippen molar-refractivity contribution in [3.8, 4) is 5.75 Å². The van der Waals surface area contributed by atoms with Gasteiger partial charge < -0.3 is 15.3 Å². The van der Waals surface area contributed by atoms with Crippen LogP contribution >= 0.6 is 0 Å². The van der Waals surface area contributed by atoms with Crippen LogP contribution in [0.3, 0.4) is 0 Å². The van der Waals surface area contributed by atoms with Gasteiger partial charge in [0.2, 0.25) is 11.8 Å². The van der Waals surface area contributed by atoms with Crippen molar-refractivity contribution in [2.45, 2.75) is 25.9 Å². The van der Waals surface area contributed by atoms with E-state index in [1.165, 1.54) is 0 Å². The van der Waals surface area contributed by atoms with Gasteiger partial charge in [0.15, 0.2) is 0 Å². The van der Waals surface area contributed by atoms with Gasteiger partial charge in [0.1, 0.15) is 11.8 Å². The molecule has 96 valence electrons. The van der Waals surface area contributed by atoms with Gasteiger partial charge in [-0.2, -0.15) is 0 Å². The third kappa shape index (κ3) is 2.80. The molecule has 2 N–H and O–H groups in total. The maximum atomic E-state index is 12.0. The quantitative estimate of drug-likeness (QED) is 0.806. The van der Waals surface area contributed by atoms with Crippen LogP contribution in [-0.2, 0) is 16.1 Å². The van der Waals surface area contributed by atoms with Crippen molar-refractivity contribution in [3.05, 3.63) is 29.8 Å². The smallest absolute Gasteiger partial charge is 0.245 e. The molecule has 1 unspecified atom stereocenters. The number of nitrogens with one attached hydrogen (secondary N) is 1. The summed E-state index contributed by atoms with van der Waals surface area (Å²) in [5, 5.41) is 11.8. The fourth-order valence-corrected chi connectivity index (χ4v) is 1.97. The number of nitrogens with zero attached hydrogens (tertiary/aromatic N) is 1. The Labute approximate surface area is 105 Å². The van der Waals surface area contributed by atoms with E-state index < -0.39 is 6.04 Å². The lowest BCUT2D eigenvalue weighted by atomic mass is 10.2. The first-order valence-corrected chi connectivity index (χ1v) is 5.92. The molecular formula is C13H16N2O3. The van der Waals surface area contributed by atoms with Gasteiger partial charge in [-0.05, 0) is 24.6 Å². The van der Waals surface area contributed by atoms with Gasteiger partial charge >= 0.3 is 0 Å². The number of hydrogen-bond acceptors (Lipinski definition) is 3. The van der Waals surface area contributed by atoms with Crippen molar-refractivity contribution in [2.24, 2.45) is 0 Å². The van der Waals surface area contributed by atoms with E-state index in [0.29, 0.717) is 19.5 Å². The van der Waals surface area contributed by atoms with Crippen LogP contribution in [0, 0.1) is 0 Å². The van der Waals surface area contributed by atoms with Gasteiger partial charge in [-0.25, -0.2) is 0 Å². The molecule has 1 aliphatic heterocycles. The van der Waals surface area contributed by atoms with Crippen LogP contribution in [-0.4, -0.2) is 34.4 Å². The summed E-state index contributed by atoms with van der Waals surface area (Å²) in [7, 11) is 0. The van der Waals surface area contributed by atoms with E-state index in [0.717, 1.165) is 5.56 Å². The zero-order valence-corrected chi connectivity index (χ0v) is 10.2. The fourth-order valence-electron chi connectivity index (χ4n) is 1.97. The van der Waals surface area contributed by atoms with Crippen LogP contribution in [0.15, 0.2) is 24.3 Å². The average Bonchev–Trinajstić information content (AvgIpc) is 2.46. The van der Waals surface area contributed by atoms with E-state index in [-0.39, 0.29) is 17.6 Å². The molecule has 1 saturated heterocycles. The summed E-state index contributed by atoms with van der Waals surface area (Å²) in [6.45, 7) is 2.57. The van der Waals surface area contributed by atoms with E-state index in [1.54, 1.807) is 36.1 Å². The SMILES string of the molecule is CC1NC(=O)CCN(Cc2ccc(O)cc2)C1=O. The first kappa shape index (κ1) is 12.4. The number of rotatable bonds is 2. The van der Waals surface area contributed by atoms with E-state index in [1.807, 2.05) is 0 Å². The first-order valence-electron chi connectivity index (χ1n) is 5.92. The first-order chi connectivity index (χ1) is 8.56. The van der Waals surface area contributed by atoms with Crippen molar-refractivity contribution >= 4 is 11.8 Å². The van der Waals surface area contributed by atoms with Crippen LogP contribution in [0.2, 0.25) is 0 Å². The molecular weight excluding hydrogens is 232 g/mol.